The predicted octanol–water partition coefficient (Wildman–Crippen LogP) is 30.2. The molecule has 0 aromatic heterocycles. The monoisotopic (exact) mass is 1600 g/mol. The Morgan fingerprint density at radius 3 is 0.860 bits per heavy atom. The van der Waals surface area contributed by atoms with Crippen molar-refractivity contribution in [2.45, 2.75) is 289 Å². The number of fused-ring (bicyclic) bond motifs is 14. The number of halogens is 4. The minimum atomic E-state index is -0.826. The van der Waals surface area contributed by atoms with Crippen molar-refractivity contribution in [2.75, 3.05) is 0 Å². The van der Waals surface area contributed by atoms with E-state index in [4.69, 9.17) is 34.1 Å². The van der Waals surface area contributed by atoms with Crippen molar-refractivity contribution in [2.24, 2.45) is 177 Å². The van der Waals surface area contributed by atoms with Crippen LogP contribution in [0.1, 0.15) is 289 Å². The molecule has 15 rings (SSSR count). The molecule has 0 nitrogen and oxygen atoms in total. The molecule has 15 aliphatic carbocycles. The topological polar surface area (TPSA) is 0 Å². The van der Waals surface area contributed by atoms with Gasteiger partial charge < -0.3 is 29.7 Å². The Bertz CT molecular complexity index is 3120. The third-order valence-corrected chi connectivity index (χ3v) is 33.5. The van der Waals surface area contributed by atoms with Crippen molar-refractivity contribution in [3.05, 3.63) is 123 Å². The zero-order valence-electron chi connectivity index (χ0n) is 70.0. The second-order valence-electron chi connectivity index (χ2n) is 44.7. The van der Waals surface area contributed by atoms with E-state index < -0.39 is 41.7 Å². The van der Waals surface area contributed by atoms with Crippen molar-refractivity contribution in [3.63, 3.8) is 0 Å². The van der Waals surface area contributed by atoms with E-state index in [0.29, 0.717) is 74.4 Å². The SMILES string of the molecule is CC1(C)CCC(C)(C)C2=CC3C(C=C21)C1C=C2C(=CC1C3C1(C)C3CC(C(C)(C)C)CC3[C@H]3CCCC[C@H]31)C(C)(C)CCC2(C)C.CC1(C)CCC(C)(C)C2=CC3C(C=C21)C1C=C2C(=CC1C3C1(C)CC(C)(C)C3CC(C(C)(C)C)CC31)C(C)(C)CCC2(C)C.[CH3-].[CH3-].[CH3-].[CH3-].[Cl][Zr+2][Cl].[Cl][Zr+2][Cl]. The number of hydrogen-bond donors (Lipinski definition) is 0. The van der Waals surface area contributed by atoms with Gasteiger partial charge in [0.1, 0.15) is 0 Å². The van der Waals surface area contributed by atoms with Gasteiger partial charge in [-0.05, 0) is 318 Å². The van der Waals surface area contributed by atoms with Gasteiger partial charge >= 0.3 is 75.7 Å². The van der Waals surface area contributed by atoms with Crippen LogP contribution >= 0.6 is 34.1 Å². The van der Waals surface area contributed by atoms with Crippen molar-refractivity contribution in [1.82, 2.24) is 0 Å². The van der Waals surface area contributed by atoms with Crippen LogP contribution in [0.15, 0.2) is 93.2 Å². The summed E-state index contributed by atoms with van der Waals surface area (Å²) in [5, 5.41) is 0. The van der Waals surface area contributed by atoms with E-state index in [1.54, 1.807) is 44.6 Å². The van der Waals surface area contributed by atoms with Crippen molar-refractivity contribution >= 4 is 34.1 Å². The van der Waals surface area contributed by atoms with Gasteiger partial charge in [0.2, 0.25) is 0 Å². The summed E-state index contributed by atoms with van der Waals surface area (Å²) in [6, 6.07) is 0. The van der Waals surface area contributed by atoms with E-state index >= 15 is 0 Å². The predicted molar refractivity (Wildman–Crippen MR) is 434 cm³/mol. The average Bonchev–Trinajstić information content (AvgIpc) is 1.52. The normalized spacial score (nSPS) is 42.1. The molecule has 0 N–H and O–H groups in total. The molecule has 6 heteroatoms. The van der Waals surface area contributed by atoms with Gasteiger partial charge in [-0.2, -0.15) is 0 Å². The summed E-state index contributed by atoms with van der Waals surface area (Å²) < 4.78 is 0. The van der Waals surface area contributed by atoms with E-state index in [9.17, 15) is 0 Å². The van der Waals surface area contributed by atoms with Crippen LogP contribution < -0.4 is 0 Å². The van der Waals surface area contributed by atoms with Crippen LogP contribution in [0.2, 0.25) is 0 Å². The number of allylic oxidation sites excluding steroid dienone is 16. The van der Waals surface area contributed by atoms with Crippen LogP contribution in [0, 0.1) is 207 Å². The van der Waals surface area contributed by atoms with Gasteiger partial charge in [-0.15, -0.1) is 0 Å². The van der Waals surface area contributed by atoms with Gasteiger partial charge in [0, 0.05) is 0 Å². The van der Waals surface area contributed by atoms with Gasteiger partial charge in [0.05, 0.1) is 0 Å². The molecule has 0 aromatic carbocycles. The third kappa shape index (κ3) is 14.2. The molecule has 0 aliphatic heterocycles. The molecule has 0 saturated heterocycles. The molecule has 0 bridgehead atoms. The molecule has 0 radical (unpaired) electrons. The first-order valence-corrected chi connectivity index (χ1v) is 52.5. The number of hydrogen-bond acceptors (Lipinski definition) is 0. The Hall–Kier alpha value is 0.846. The summed E-state index contributed by atoms with van der Waals surface area (Å²) in [5.74, 6) is 14.0. The summed E-state index contributed by atoms with van der Waals surface area (Å²) in [5.41, 5.74) is 18.2. The molecule has 100 heavy (non-hydrogen) atoms. The van der Waals surface area contributed by atoms with Crippen LogP contribution in [0.25, 0.3) is 0 Å². The van der Waals surface area contributed by atoms with Gasteiger partial charge in [-0.25, -0.2) is 0 Å². The Morgan fingerprint density at radius 2 is 0.560 bits per heavy atom. The molecular formula is C94H150Cl4Zr2. The zero-order valence-corrected chi connectivity index (χ0v) is 78.0. The van der Waals surface area contributed by atoms with Crippen molar-refractivity contribution in [3.8, 4) is 0 Å². The van der Waals surface area contributed by atoms with E-state index in [-0.39, 0.29) is 73.0 Å². The maximum atomic E-state index is 4.93. The van der Waals surface area contributed by atoms with Gasteiger partial charge in [0.25, 0.3) is 0 Å². The van der Waals surface area contributed by atoms with Crippen LogP contribution in [0.3, 0.4) is 0 Å². The van der Waals surface area contributed by atoms with E-state index in [0.717, 1.165) is 59.2 Å². The number of rotatable bonds is 2. The Kier molecular flexibility index (Phi) is 24.9. The Balaban J connectivity index is 0.000000228. The third-order valence-electron chi connectivity index (χ3n) is 33.5. The van der Waals surface area contributed by atoms with Gasteiger partial charge in [0.15, 0.2) is 0 Å². The summed E-state index contributed by atoms with van der Waals surface area (Å²) in [6.45, 7) is 67.4. The van der Waals surface area contributed by atoms with Crippen molar-refractivity contribution in [1.29, 1.82) is 0 Å². The first kappa shape index (κ1) is 86.4. The first-order chi connectivity index (χ1) is 44.1. The van der Waals surface area contributed by atoms with E-state index in [1.165, 1.54) is 109 Å². The Labute approximate surface area is 658 Å². The molecule has 15 aliphatic rings. The minimum absolute atomic E-state index is 0. The zero-order chi connectivity index (χ0) is 70.6. The van der Waals surface area contributed by atoms with E-state index in [1.807, 2.05) is 0 Å². The van der Waals surface area contributed by atoms with Crippen LogP contribution in [-0.4, -0.2) is 0 Å². The second kappa shape index (κ2) is 28.9. The molecule has 11 saturated carbocycles. The molecule has 0 heterocycles. The van der Waals surface area contributed by atoms with Crippen molar-refractivity contribution < 1.29 is 41.7 Å². The molecule has 16 unspecified atom stereocenters. The molecule has 562 valence electrons. The van der Waals surface area contributed by atoms with Crippen LogP contribution in [-0.2, 0) is 41.7 Å². The molecule has 11 fully saturated rings. The molecule has 0 spiro atoms. The van der Waals surface area contributed by atoms with Crippen LogP contribution in [0.5, 0.6) is 0 Å². The summed E-state index contributed by atoms with van der Waals surface area (Å²) in [6.07, 6.45) is 47.4. The maximum absolute atomic E-state index is 4.93. The second-order valence-corrected chi connectivity index (χ2v) is 52.1. The van der Waals surface area contributed by atoms with Gasteiger partial charge in [-0.3, -0.25) is 0 Å². The fourth-order valence-electron chi connectivity index (χ4n) is 27.6. The summed E-state index contributed by atoms with van der Waals surface area (Å²) >= 11 is -1.65. The molecule has 0 aromatic rings. The van der Waals surface area contributed by atoms with Crippen LogP contribution in [0.4, 0.5) is 0 Å². The average molecular weight is 1600 g/mol. The standard InChI is InChI=1S/C46H70.C44H68.4CH3.4ClH.2Zr/c1-41(2,3)27-21-31-28-15-13-14-16-34(28)46(12,35(31)22-27)40-32-25-38-36(42(4,5)17-19-44(38,8)9)23-29(32)30-24-37-39(26-33(30)40)45(10,11)20-18-43(37,6)7;1-38(2,3)26-19-31-36(20-26)44(14,25-43(31,12)13)37-29-23-34-32(39(4,5)15-17-41(34,8)9)21-27(29)28-22-33-35(24-30(28)37)42(10,11)18-16-40(33,6)7;;;;;;;;;;/h23-35,40H,13-22H2,1-12H3;21-24,26-31,36-37H,15-20,25H2,1-14H3;4*1H3;4*1H;;/q;;4*-1;;;;;2*+4/p-4/t27?,28-,29?,30?,31?,32?,33?,34-,35?,40?,46?;;;;;;;;;;;/m1.........../s1. The molecule has 18 atom stereocenters. The first-order valence-electron chi connectivity index (χ1n) is 39.8. The molecule has 0 amide bonds. The Morgan fingerprint density at radius 1 is 0.310 bits per heavy atom. The summed E-state index contributed by atoms with van der Waals surface area (Å²) in [7, 11) is 19.7. The summed E-state index contributed by atoms with van der Waals surface area (Å²) in [4.78, 5) is 0. The molecular weight excluding hydrogens is 1450 g/mol. The fraction of sp³-hybridized carbons (Fsp3) is 0.787. The quantitative estimate of drug-likeness (QED) is 0.242. The van der Waals surface area contributed by atoms with E-state index in [2.05, 4.69) is 229 Å². The van der Waals surface area contributed by atoms with Gasteiger partial charge in [-0.1, -0.05) is 241 Å². The fourth-order valence-corrected chi connectivity index (χ4v) is 27.6.